The number of benzene rings is 3. The van der Waals surface area contributed by atoms with Crippen molar-refractivity contribution in [3.63, 3.8) is 0 Å². The molecule has 3 aromatic carbocycles. The van der Waals surface area contributed by atoms with E-state index in [0.717, 1.165) is 23.1 Å². The third-order valence-electron chi connectivity index (χ3n) is 5.48. The molecule has 256 valence electrons. The number of aromatic carboxylic acids is 3. The Bertz CT molecular complexity index is 1820. The van der Waals surface area contributed by atoms with Gasteiger partial charge in [0.1, 0.15) is 0 Å². The molecule has 0 spiro atoms. The number of anilines is 3. The molecule has 2 aliphatic rings. The van der Waals surface area contributed by atoms with E-state index in [1.54, 1.807) is 12.1 Å². The fourth-order valence-electron chi connectivity index (χ4n) is 3.23. The third kappa shape index (κ3) is 14.1. The van der Waals surface area contributed by atoms with Crippen LogP contribution in [0.2, 0.25) is 0 Å². The molecule has 3 aromatic rings. The second-order valence-corrected chi connectivity index (χ2v) is 8.86. The number of rotatable bonds is 6. The molecule has 2 heterocycles. The minimum atomic E-state index is -1.05. The highest BCUT2D eigenvalue weighted by molar-refractivity contribution is 6.28. The second kappa shape index (κ2) is 20.4. The Hall–Kier alpha value is -7.78. The highest BCUT2D eigenvalue weighted by Crippen LogP contribution is 2.19. The van der Waals surface area contributed by atoms with Crippen LogP contribution in [-0.4, -0.2) is 69.0 Å². The zero-order chi connectivity index (χ0) is 37.8. The number of carbonyl (C=O) groups excluding carboxylic acids is 7. The van der Waals surface area contributed by atoms with Gasteiger partial charge in [-0.1, -0.05) is 6.58 Å². The summed E-state index contributed by atoms with van der Waals surface area (Å²) in [6.07, 6.45) is 5.91. The Morgan fingerprint density at radius 1 is 0.660 bits per heavy atom. The van der Waals surface area contributed by atoms with Crippen molar-refractivity contribution < 1.29 is 68.0 Å². The predicted octanol–water partition coefficient (Wildman–Crippen LogP) is 2.33. The van der Waals surface area contributed by atoms with Gasteiger partial charge >= 0.3 is 36.0 Å². The van der Waals surface area contributed by atoms with E-state index in [-0.39, 0.29) is 28.7 Å². The van der Waals surface area contributed by atoms with Gasteiger partial charge in [-0.05, 0) is 78.9 Å². The van der Waals surface area contributed by atoms with E-state index in [2.05, 4.69) is 16.6 Å². The Morgan fingerprint density at radius 2 is 1.02 bits per heavy atom. The summed E-state index contributed by atoms with van der Waals surface area (Å²) in [6, 6.07) is 17.5. The Morgan fingerprint density at radius 3 is 1.34 bits per heavy atom. The van der Waals surface area contributed by atoms with Crippen LogP contribution in [0.25, 0.3) is 0 Å². The first-order valence-corrected chi connectivity index (χ1v) is 13.3. The summed E-state index contributed by atoms with van der Waals surface area (Å²) in [6.45, 7) is 3.30. The predicted molar refractivity (Wildman–Crippen MR) is 170 cm³/mol. The van der Waals surface area contributed by atoms with Crippen LogP contribution in [0, 0.1) is 0 Å². The average Bonchev–Trinajstić information content (AvgIpc) is 3.64. The number of esters is 2. The number of hydrogen-bond donors (Lipinski definition) is 5. The second-order valence-electron chi connectivity index (χ2n) is 8.86. The van der Waals surface area contributed by atoms with Gasteiger partial charge in [0.2, 0.25) is 5.91 Å². The van der Waals surface area contributed by atoms with E-state index in [1.165, 1.54) is 72.8 Å². The first kappa shape index (κ1) is 40.2. The summed E-state index contributed by atoms with van der Waals surface area (Å²) in [7, 11) is 0. The highest BCUT2D eigenvalue weighted by atomic mass is 16.6. The molecule has 0 radical (unpaired) electrons. The fourth-order valence-corrected chi connectivity index (χ4v) is 3.23. The molecule has 0 unspecified atom stereocenters. The van der Waals surface area contributed by atoms with Crippen molar-refractivity contribution in [1.82, 2.24) is 0 Å². The maximum Gasteiger partial charge on any atom is 0.373 e. The molecule has 0 aromatic heterocycles. The SMILES string of the molecule is C=CC(=O)Nc1ccc(C(=O)O)cc1.Nc1ccc(C(=O)O)cc1.O=C(O)c1ccc(N2C(=O)C=CC2=O)cc1.O=C1C=CC(=O)O1.O=C=O. The van der Waals surface area contributed by atoms with Crippen molar-refractivity contribution in [2.75, 3.05) is 16.0 Å². The number of nitrogens with one attached hydrogen (secondary N) is 1. The first-order valence-electron chi connectivity index (χ1n) is 13.3. The number of hydrogen-bond acceptors (Lipinski definition) is 12. The monoisotopic (exact) mass is 687 g/mol. The van der Waals surface area contributed by atoms with Gasteiger partial charge in [-0.3, -0.25) is 14.4 Å². The van der Waals surface area contributed by atoms with Crippen LogP contribution in [-0.2, 0) is 38.3 Å². The number of nitrogens with zero attached hydrogens (tertiary/aromatic N) is 1. The number of nitrogens with two attached hydrogens (primary N) is 1. The topological polar surface area (TPSA) is 282 Å². The first-order chi connectivity index (χ1) is 23.6. The molecule has 17 nitrogen and oxygen atoms in total. The minimum absolute atomic E-state index is 0.107. The lowest BCUT2D eigenvalue weighted by Crippen LogP contribution is -2.29. The molecule has 0 fully saturated rings. The van der Waals surface area contributed by atoms with Crippen LogP contribution in [0.15, 0.2) is 110 Å². The van der Waals surface area contributed by atoms with Gasteiger partial charge in [-0.2, -0.15) is 9.59 Å². The Labute approximate surface area is 281 Å². The summed E-state index contributed by atoms with van der Waals surface area (Å²) in [5.74, 6) is -5.31. The van der Waals surface area contributed by atoms with Gasteiger partial charge in [-0.25, -0.2) is 28.9 Å². The quantitative estimate of drug-likeness (QED) is 0.0817. The molecule has 0 bridgehead atoms. The van der Waals surface area contributed by atoms with E-state index in [9.17, 15) is 38.4 Å². The summed E-state index contributed by atoms with van der Waals surface area (Å²) in [5, 5.41) is 28.2. The molecular weight excluding hydrogens is 662 g/mol. The molecular formula is C33H25N3O14. The summed E-state index contributed by atoms with van der Waals surface area (Å²) in [4.78, 5) is 102. The highest BCUT2D eigenvalue weighted by Gasteiger charge is 2.25. The van der Waals surface area contributed by atoms with Gasteiger partial charge in [0.05, 0.1) is 22.4 Å². The molecule has 0 atom stereocenters. The molecule has 5 rings (SSSR count). The van der Waals surface area contributed by atoms with Crippen molar-refractivity contribution in [3.05, 3.63) is 126 Å². The Balaban J connectivity index is 0.000000336. The largest absolute Gasteiger partial charge is 0.478 e. The number of ether oxygens (including phenoxy) is 1. The number of nitrogen functional groups attached to an aromatic ring is 1. The van der Waals surface area contributed by atoms with Crippen LogP contribution < -0.4 is 16.0 Å². The molecule has 0 saturated carbocycles. The van der Waals surface area contributed by atoms with Crippen LogP contribution >= 0.6 is 0 Å². The smallest absolute Gasteiger partial charge is 0.373 e. The maximum absolute atomic E-state index is 11.3. The van der Waals surface area contributed by atoms with Gasteiger partial charge in [0.15, 0.2) is 0 Å². The van der Waals surface area contributed by atoms with Crippen molar-refractivity contribution in [1.29, 1.82) is 0 Å². The lowest BCUT2D eigenvalue weighted by molar-refractivity contribution is -0.191. The summed E-state index contributed by atoms with van der Waals surface area (Å²) >= 11 is 0. The molecule has 0 aliphatic carbocycles. The molecule has 0 saturated heterocycles. The van der Waals surface area contributed by atoms with Crippen LogP contribution in [0.3, 0.4) is 0 Å². The lowest BCUT2D eigenvalue weighted by Gasteiger charge is -2.13. The zero-order valence-electron chi connectivity index (χ0n) is 25.4. The van der Waals surface area contributed by atoms with E-state index in [0.29, 0.717) is 17.1 Å². The molecule has 2 aliphatic heterocycles. The minimum Gasteiger partial charge on any atom is -0.478 e. The fraction of sp³-hybridized carbons (Fsp3) is 0. The number of cyclic esters (lactones) is 2. The van der Waals surface area contributed by atoms with Crippen molar-refractivity contribution >= 4 is 70.8 Å². The molecule has 50 heavy (non-hydrogen) atoms. The number of amides is 3. The number of carbonyl (C=O) groups is 8. The van der Waals surface area contributed by atoms with Gasteiger partial charge in [0, 0.05) is 35.7 Å². The Kier molecular flexibility index (Phi) is 16.4. The summed E-state index contributed by atoms with van der Waals surface area (Å²) in [5.41, 5.74) is 7.36. The van der Waals surface area contributed by atoms with Crippen LogP contribution in [0.5, 0.6) is 0 Å². The van der Waals surface area contributed by atoms with E-state index in [1.807, 2.05) is 0 Å². The zero-order valence-corrected chi connectivity index (χ0v) is 25.4. The van der Waals surface area contributed by atoms with Gasteiger partial charge in [0.25, 0.3) is 11.8 Å². The molecule has 6 N–H and O–H groups in total. The number of carboxylic acid groups (broad SMARTS) is 3. The van der Waals surface area contributed by atoms with Crippen molar-refractivity contribution in [2.45, 2.75) is 0 Å². The van der Waals surface area contributed by atoms with Crippen LogP contribution in [0.4, 0.5) is 17.1 Å². The molecule has 3 amide bonds. The third-order valence-corrected chi connectivity index (χ3v) is 5.48. The normalized spacial score (nSPS) is 11.7. The van der Waals surface area contributed by atoms with Gasteiger partial charge in [-0.15, -0.1) is 0 Å². The number of carboxylic acids is 3. The van der Waals surface area contributed by atoms with Crippen LogP contribution in [0.1, 0.15) is 31.1 Å². The van der Waals surface area contributed by atoms with Gasteiger partial charge < -0.3 is 31.1 Å². The standard InChI is InChI=1S/C11H7NO4.C10H9NO3.C7H7NO2.C4H2O3.CO2/c13-9-5-6-10(14)12(9)8-3-1-7(2-4-8)11(15)16;1-2-9(12)11-8-5-3-7(4-6-8)10(13)14;8-6-3-1-5(2-4-6)7(9)10;5-3-1-2-4(6)7-3;2-1-3/h1-6H,(H,15,16);2-6H,1H2,(H,11,12)(H,13,14);1-4H,8H2,(H,9,10);1-2H;. The molecule has 17 heteroatoms. The van der Waals surface area contributed by atoms with E-state index in [4.69, 9.17) is 30.6 Å². The number of imide groups is 1. The van der Waals surface area contributed by atoms with E-state index < -0.39 is 41.7 Å². The van der Waals surface area contributed by atoms with Crippen molar-refractivity contribution in [3.8, 4) is 0 Å². The average molecular weight is 688 g/mol. The van der Waals surface area contributed by atoms with E-state index >= 15 is 0 Å². The maximum atomic E-state index is 11.3. The lowest BCUT2D eigenvalue weighted by atomic mass is 10.2. The summed E-state index contributed by atoms with van der Waals surface area (Å²) < 4.78 is 3.97. The van der Waals surface area contributed by atoms with Crippen molar-refractivity contribution in [2.24, 2.45) is 0 Å².